The predicted octanol–water partition coefficient (Wildman–Crippen LogP) is 8.10. The van der Waals surface area contributed by atoms with Crippen molar-refractivity contribution in [3.05, 3.63) is 134 Å². The SMILES string of the molecule is C=CCc1ccc(OC)c(-c2ccc(OC)c(CC=C)c2)c1.COc1ccc(-c2cc(CBr)ccc2OC)cc1CBr.[Br-].[CH-]=C.[Cu][I].[Mg+2]. The molecule has 4 aromatic carbocycles. The van der Waals surface area contributed by atoms with Crippen molar-refractivity contribution in [2.24, 2.45) is 0 Å². The molecule has 0 atom stereocenters. The van der Waals surface area contributed by atoms with Crippen LogP contribution in [-0.4, -0.2) is 51.5 Å². The summed E-state index contributed by atoms with van der Waals surface area (Å²) in [5.41, 5.74) is 9.08. The van der Waals surface area contributed by atoms with Gasteiger partial charge in [0.2, 0.25) is 0 Å². The van der Waals surface area contributed by atoms with Gasteiger partial charge in [0.05, 0.1) is 28.4 Å². The van der Waals surface area contributed by atoms with Crippen molar-refractivity contribution in [1.29, 1.82) is 0 Å². The largest absolute Gasteiger partial charge is 2.00 e. The minimum Gasteiger partial charge on any atom is 2.00 e. The summed E-state index contributed by atoms with van der Waals surface area (Å²) in [6.07, 6.45) is 5.40. The van der Waals surface area contributed by atoms with E-state index in [1.807, 2.05) is 36.4 Å². The van der Waals surface area contributed by atoms with Crippen molar-refractivity contribution in [3.63, 3.8) is 0 Å². The standard InChI is InChI=1S/C20H22O2.C16H16Br2O2.C2H3.BrH.Cu.HI.Mg/c1-5-7-15-9-11-20(22-4)18(13-15)16-10-12-19(21-3)17(14-16)8-6-2;1-19-15-6-4-12(8-13(15)10-18)14-7-11(9-17)3-5-16(14)20-2;1-2;;;;/h5-6,9-14H,1-2,7-8H2,3-4H3;3-8H,9-10H2,1-2H3;1H,2H2;1H;;1H;/q;;-1;;+1;;+2/p-2. The van der Waals surface area contributed by atoms with Gasteiger partial charge in [-0.15, -0.1) is 13.2 Å². The fourth-order valence-corrected chi connectivity index (χ4v) is 5.44. The van der Waals surface area contributed by atoms with E-state index in [0.717, 1.165) is 79.9 Å². The van der Waals surface area contributed by atoms with Crippen LogP contribution in [-0.2, 0) is 36.3 Å². The quantitative estimate of drug-likeness (QED) is 0.0473. The Labute approximate surface area is 350 Å². The van der Waals surface area contributed by atoms with E-state index in [0.29, 0.717) is 0 Å². The zero-order chi connectivity index (χ0) is 34.5. The van der Waals surface area contributed by atoms with Crippen molar-refractivity contribution in [2.45, 2.75) is 23.5 Å². The molecule has 4 aromatic rings. The molecule has 0 unspecified atom stereocenters. The molecule has 0 saturated heterocycles. The second-order valence-corrected chi connectivity index (χ2v) is 10.5. The van der Waals surface area contributed by atoms with Gasteiger partial charge in [0.25, 0.3) is 0 Å². The van der Waals surface area contributed by atoms with Crippen LogP contribution < -0.4 is 35.9 Å². The first kappa shape index (κ1) is 48.9. The first-order valence-electron chi connectivity index (χ1n) is 14.0. The summed E-state index contributed by atoms with van der Waals surface area (Å²) in [4.78, 5) is 0. The normalized spacial score (nSPS) is 9.19. The number of rotatable bonds is 12. The number of alkyl halides is 2. The number of allylic oxidation sites excluding steroid dienone is 2. The van der Waals surface area contributed by atoms with Gasteiger partial charge in [-0.1, -0.05) is 68.3 Å². The zero-order valence-electron chi connectivity index (χ0n) is 27.8. The number of hydrogen-bond donors (Lipinski definition) is 0. The third kappa shape index (κ3) is 14.5. The van der Waals surface area contributed by atoms with E-state index in [-0.39, 0.29) is 40.0 Å². The maximum atomic E-state index is 5.51. The first-order chi connectivity index (χ1) is 22.5. The molecule has 0 aliphatic heterocycles. The van der Waals surface area contributed by atoms with Crippen LogP contribution in [0.5, 0.6) is 23.0 Å². The molecule has 0 spiro atoms. The fourth-order valence-electron chi connectivity index (χ4n) is 4.65. The van der Waals surface area contributed by atoms with E-state index in [1.54, 1.807) is 48.8 Å². The van der Waals surface area contributed by atoms with Crippen LogP contribution in [0.1, 0.15) is 22.3 Å². The van der Waals surface area contributed by atoms with Crippen molar-refractivity contribution < 1.29 is 48.7 Å². The summed E-state index contributed by atoms with van der Waals surface area (Å²) in [5.74, 6) is 3.51. The van der Waals surface area contributed by atoms with E-state index in [9.17, 15) is 0 Å². The van der Waals surface area contributed by atoms with Crippen molar-refractivity contribution >= 4 is 75.3 Å². The summed E-state index contributed by atoms with van der Waals surface area (Å²) in [6, 6.07) is 24.8. The molecule has 0 radical (unpaired) electrons. The minimum absolute atomic E-state index is 0. The van der Waals surface area contributed by atoms with Gasteiger partial charge in [0.15, 0.2) is 0 Å². The molecule has 0 aliphatic rings. The molecule has 48 heavy (non-hydrogen) atoms. The van der Waals surface area contributed by atoms with Crippen LogP contribution >= 0.6 is 52.2 Å². The number of benzene rings is 4. The molecular formula is C38H41Br3CuIMgO4. The summed E-state index contributed by atoms with van der Waals surface area (Å²) in [5, 5.41) is 1.58. The Morgan fingerprint density at radius 2 is 1.00 bits per heavy atom. The Balaban J connectivity index is 0. The summed E-state index contributed by atoms with van der Waals surface area (Å²) < 4.78 is 21.8. The Hall–Kier alpha value is -1.24. The van der Waals surface area contributed by atoms with Crippen molar-refractivity contribution in [3.8, 4) is 45.3 Å². The van der Waals surface area contributed by atoms with Gasteiger partial charge in [-0.2, -0.15) is 0 Å². The molecular weight excluding hydrogens is 975 g/mol. The Bertz CT molecular complexity index is 1540. The molecule has 10 heteroatoms. The van der Waals surface area contributed by atoms with E-state index in [4.69, 9.17) is 18.9 Å². The van der Waals surface area contributed by atoms with Gasteiger partial charge in [-0.3, -0.25) is 6.58 Å². The van der Waals surface area contributed by atoms with E-state index >= 15 is 0 Å². The van der Waals surface area contributed by atoms with Crippen LogP contribution in [0.2, 0.25) is 0 Å². The molecule has 0 fully saturated rings. The molecule has 0 saturated carbocycles. The zero-order valence-corrected chi connectivity index (χ0v) is 37.0. The summed E-state index contributed by atoms with van der Waals surface area (Å²) in [6.45, 7) is 14.6. The van der Waals surface area contributed by atoms with Crippen molar-refractivity contribution in [1.82, 2.24) is 0 Å². The van der Waals surface area contributed by atoms with Gasteiger partial charge in [-0.25, -0.2) is 0 Å². The topological polar surface area (TPSA) is 36.9 Å². The second-order valence-electron chi connectivity index (χ2n) is 9.38. The fraction of sp³-hybridized carbons (Fsp3) is 0.211. The molecule has 0 bridgehead atoms. The molecule has 0 amide bonds. The number of ether oxygens (including phenoxy) is 4. The monoisotopic (exact) mass is 1010 g/mol. The molecule has 0 aliphatic carbocycles. The van der Waals surface area contributed by atoms with E-state index < -0.39 is 0 Å². The maximum absolute atomic E-state index is 5.51. The van der Waals surface area contributed by atoms with Gasteiger partial charge < -0.3 is 42.5 Å². The smallest absolute Gasteiger partial charge is 2.00 e. The number of halogens is 4. The average molecular weight is 1020 g/mol. The molecule has 258 valence electrons. The van der Waals surface area contributed by atoms with Gasteiger partial charge in [0.1, 0.15) is 23.0 Å². The van der Waals surface area contributed by atoms with Crippen LogP contribution in [0.3, 0.4) is 0 Å². The maximum Gasteiger partial charge on any atom is 2.00 e. The second kappa shape index (κ2) is 28.5. The third-order valence-electron chi connectivity index (χ3n) is 6.75. The number of hydrogen-bond acceptors (Lipinski definition) is 4. The van der Waals surface area contributed by atoms with Crippen LogP contribution in [0.4, 0.5) is 0 Å². The van der Waals surface area contributed by atoms with E-state index in [1.165, 1.54) is 11.1 Å². The Morgan fingerprint density at radius 1 is 0.604 bits per heavy atom. The number of methoxy groups -OCH3 is 4. The van der Waals surface area contributed by atoms with Gasteiger partial charge in [0, 0.05) is 27.4 Å². The van der Waals surface area contributed by atoms with Crippen LogP contribution in [0.15, 0.2) is 105 Å². The Kier molecular flexibility index (Phi) is 29.0. The van der Waals surface area contributed by atoms with Gasteiger partial charge >= 0.3 is 56.2 Å². The molecule has 0 aromatic heterocycles. The van der Waals surface area contributed by atoms with Crippen molar-refractivity contribution in [2.75, 3.05) is 28.4 Å². The van der Waals surface area contributed by atoms with Crippen LogP contribution in [0, 0.1) is 6.58 Å². The minimum atomic E-state index is 0. The van der Waals surface area contributed by atoms with Crippen LogP contribution in [0.25, 0.3) is 22.3 Å². The first-order valence-corrected chi connectivity index (χ1v) is 19.3. The molecule has 0 heterocycles. The molecule has 0 N–H and O–H groups in total. The summed E-state index contributed by atoms with van der Waals surface area (Å²) in [7, 11) is 6.77. The van der Waals surface area contributed by atoms with E-state index in [2.05, 4.69) is 119 Å². The predicted molar refractivity (Wildman–Crippen MR) is 213 cm³/mol. The molecule has 4 nitrogen and oxygen atoms in total. The molecule has 4 rings (SSSR count). The third-order valence-corrected chi connectivity index (χ3v) is 8.00. The summed E-state index contributed by atoms with van der Waals surface area (Å²) >= 11 is 12.9. The average Bonchev–Trinajstić information content (AvgIpc) is 3.13. The Morgan fingerprint density at radius 3 is 1.42 bits per heavy atom. The van der Waals surface area contributed by atoms with Gasteiger partial charge in [-0.05, 0) is 89.2 Å².